The molecule has 1 unspecified atom stereocenters. The second-order valence-corrected chi connectivity index (χ2v) is 16.8. The minimum atomic E-state index is -0.983. The summed E-state index contributed by atoms with van der Waals surface area (Å²) in [6.07, 6.45) is 3.53. The maximum atomic E-state index is 13.6. The van der Waals surface area contributed by atoms with Gasteiger partial charge in [0.2, 0.25) is 11.8 Å². The fourth-order valence-corrected chi connectivity index (χ4v) is 10.1. The van der Waals surface area contributed by atoms with Crippen molar-refractivity contribution < 1.29 is 24.0 Å². The Labute approximate surface area is 336 Å². The first kappa shape index (κ1) is 37.1. The van der Waals surface area contributed by atoms with Crippen LogP contribution in [0.3, 0.4) is 0 Å². The number of piperazine rings is 1. The van der Waals surface area contributed by atoms with Gasteiger partial charge in [-0.05, 0) is 98.7 Å². The van der Waals surface area contributed by atoms with E-state index in [0.29, 0.717) is 41.3 Å². The molecule has 0 radical (unpaired) electrons. The van der Waals surface area contributed by atoms with Crippen molar-refractivity contribution in [1.29, 1.82) is 5.26 Å². The third-order valence-electron chi connectivity index (χ3n) is 13.6. The zero-order valence-electron chi connectivity index (χ0n) is 32.0. The average Bonchev–Trinajstić information content (AvgIpc) is 3.65. The van der Waals surface area contributed by atoms with Crippen molar-refractivity contribution in [3.63, 3.8) is 0 Å². The third-order valence-corrected chi connectivity index (χ3v) is 13.9. The van der Waals surface area contributed by atoms with E-state index in [2.05, 4.69) is 50.0 Å². The fraction of sp³-hybridized carbons (Fsp3) is 0.442. The topological polar surface area (TPSA) is 141 Å². The lowest BCUT2D eigenvalue weighted by Gasteiger charge is -2.49. The van der Waals surface area contributed by atoms with Crippen molar-refractivity contribution in [2.45, 2.75) is 57.2 Å². The molecule has 13 nitrogen and oxygen atoms in total. The summed E-state index contributed by atoms with van der Waals surface area (Å²) < 4.78 is 0. The number of fused-ring (bicyclic) bond motifs is 1. The summed E-state index contributed by atoms with van der Waals surface area (Å²) in [5.74, 6) is -1.96. The van der Waals surface area contributed by atoms with Gasteiger partial charge < -0.3 is 19.6 Å². The van der Waals surface area contributed by atoms with Gasteiger partial charge in [0.25, 0.3) is 17.7 Å². The number of rotatable bonds is 6. The molecule has 5 amide bonds. The number of piperidine rings is 2. The average molecular weight is 789 g/mol. The third kappa shape index (κ3) is 6.48. The molecule has 0 saturated carbocycles. The largest absolute Gasteiger partial charge is 0.371 e. The molecule has 3 aromatic rings. The number of hydrogen-bond acceptors (Lipinski definition) is 10. The fourth-order valence-electron chi connectivity index (χ4n) is 9.92. The van der Waals surface area contributed by atoms with Crippen molar-refractivity contribution in [3.8, 4) is 6.07 Å². The Morgan fingerprint density at radius 2 is 1.46 bits per heavy atom. The quantitative estimate of drug-likeness (QED) is 0.363. The van der Waals surface area contributed by atoms with Crippen LogP contribution in [0.5, 0.6) is 0 Å². The summed E-state index contributed by atoms with van der Waals surface area (Å²) in [6.45, 7) is 9.65. The molecule has 57 heavy (non-hydrogen) atoms. The molecule has 6 aliphatic rings. The highest BCUT2D eigenvalue weighted by molar-refractivity contribution is 6.32. The van der Waals surface area contributed by atoms with E-state index in [1.165, 1.54) is 0 Å². The first-order valence-electron chi connectivity index (χ1n) is 20.0. The summed E-state index contributed by atoms with van der Waals surface area (Å²) in [5, 5.41) is 12.0. The van der Waals surface area contributed by atoms with Crippen molar-refractivity contribution in [1.82, 2.24) is 20.0 Å². The number of amides is 5. The first-order chi connectivity index (χ1) is 27.5. The van der Waals surface area contributed by atoms with Gasteiger partial charge in [-0.25, -0.2) is 0 Å². The molecule has 0 aliphatic carbocycles. The molecule has 294 valence electrons. The number of nitrogens with one attached hydrogen (secondary N) is 1. The molecule has 0 aromatic heterocycles. The Morgan fingerprint density at radius 3 is 2.14 bits per heavy atom. The van der Waals surface area contributed by atoms with Crippen molar-refractivity contribution in [2.24, 2.45) is 5.41 Å². The van der Waals surface area contributed by atoms with Gasteiger partial charge in [0.1, 0.15) is 12.1 Å². The second-order valence-electron chi connectivity index (χ2n) is 16.4. The van der Waals surface area contributed by atoms with Crippen molar-refractivity contribution in [2.75, 3.05) is 73.6 Å². The monoisotopic (exact) mass is 788 g/mol. The molecule has 6 aliphatic heterocycles. The maximum absolute atomic E-state index is 13.6. The van der Waals surface area contributed by atoms with E-state index in [-0.39, 0.29) is 35.3 Å². The highest BCUT2D eigenvalue weighted by atomic mass is 35.5. The van der Waals surface area contributed by atoms with Gasteiger partial charge in [-0.1, -0.05) is 11.6 Å². The van der Waals surface area contributed by atoms with Crippen molar-refractivity contribution in [3.05, 3.63) is 87.9 Å². The van der Waals surface area contributed by atoms with Gasteiger partial charge >= 0.3 is 0 Å². The van der Waals surface area contributed by atoms with E-state index in [1.54, 1.807) is 12.1 Å². The van der Waals surface area contributed by atoms with Gasteiger partial charge in [0, 0.05) is 100 Å². The number of imide groups is 2. The van der Waals surface area contributed by atoms with Gasteiger partial charge in [-0.3, -0.25) is 39.1 Å². The Morgan fingerprint density at radius 1 is 0.789 bits per heavy atom. The molecule has 1 spiro atoms. The van der Waals surface area contributed by atoms with Crippen LogP contribution in [-0.4, -0.2) is 121 Å². The summed E-state index contributed by atoms with van der Waals surface area (Å²) in [6, 6.07) is 20.9. The Bertz CT molecular complexity index is 2200. The molecule has 5 fully saturated rings. The number of carbonyl (C=O) groups is 5. The summed E-state index contributed by atoms with van der Waals surface area (Å²) in [5.41, 5.74) is 5.09. The highest BCUT2D eigenvalue weighted by Gasteiger charge is 2.47. The SMILES string of the molecule is C[C@@H]1N(c2ccc(C#N)c(Cl)c2)CCC12CCN(c1ccc(C(=O)N3CCN(C4CN(c5ccc6c(c5)C(=O)N(C5CCC(=O)NC5=O)C6=O)C4)CC3)cc1)CC2. The van der Waals surface area contributed by atoms with Crippen LogP contribution in [0.4, 0.5) is 17.1 Å². The smallest absolute Gasteiger partial charge is 0.262 e. The predicted octanol–water partition coefficient (Wildman–Crippen LogP) is 4.14. The standard InChI is InChI=1S/C43H45ClN8O5/c1-27-43(14-17-51(27)32-7-4-29(24-45)36(44)23-32)12-15-47(16-13-43)30-5-2-28(3-6-30)40(55)49-20-18-48(19-21-49)33-25-50(26-33)31-8-9-34-35(22-31)42(57)52(41(34)56)37-10-11-38(53)46-39(37)54/h2-9,22-23,27,33,37H,10-21,25-26H2,1H3,(H,46,53,54)/t27-,37?/m0/s1. The molecular formula is C43H45ClN8O5. The zero-order chi connectivity index (χ0) is 39.6. The molecular weight excluding hydrogens is 744 g/mol. The van der Waals surface area contributed by atoms with Crippen LogP contribution in [-0.2, 0) is 9.59 Å². The lowest BCUT2D eigenvalue weighted by atomic mass is 9.73. The van der Waals surface area contributed by atoms with E-state index in [4.69, 9.17) is 11.6 Å². The number of carbonyl (C=O) groups excluding carboxylic acids is 5. The number of hydrogen-bond donors (Lipinski definition) is 1. The highest BCUT2D eigenvalue weighted by Crippen LogP contribution is 2.47. The number of anilines is 3. The molecule has 0 bridgehead atoms. The molecule has 2 atom stereocenters. The molecule has 6 heterocycles. The normalized spacial score (nSPS) is 23.8. The number of halogens is 1. The predicted molar refractivity (Wildman–Crippen MR) is 215 cm³/mol. The second kappa shape index (κ2) is 14.5. The Hall–Kier alpha value is -5.45. The number of benzene rings is 3. The summed E-state index contributed by atoms with van der Waals surface area (Å²) in [7, 11) is 0. The van der Waals surface area contributed by atoms with E-state index < -0.39 is 29.7 Å². The van der Waals surface area contributed by atoms with Crippen LogP contribution in [0, 0.1) is 16.7 Å². The first-order valence-corrected chi connectivity index (χ1v) is 20.4. The van der Waals surface area contributed by atoms with Gasteiger partial charge in [-0.15, -0.1) is 0 Å². The van der Waals surface area contributed by atoms with Gasteiger partial charge in [0.15, 0.2) is 0 Å². The molecule has 9 rings (SSSR count). The molecule has 14 heteroatoms. The Kier molecular flexibility index (Phi) is 9.44. The van der Waals surface area contributed by atoms with Crippen LogP contribution >= 0.6 is 11.6 Å². The van der Waals surface area contributed by atoms with Crippen LogP contribution in [0.2, 0.25) is 5.02 Å². The van der Waals surface area contributed by atoms with Gasteiger partial charge in [-0.2, -0.15) is 5.26 Å². The molecule has 5 saturated heterocycles. The summed E-state index contributed by atoms with van der Waals surface area (Å²) in [4.78, 5) is 76.4. The van der Waals surface area contributed by atoms with Crippen LogP contribution in [0.25, 0.3) is 0 Å². The lowest BCUT2D eigenvalue weighted by Crippen LogP contribution is -2.63. The zero-order valence-corrected chi connectivity index (χ0v) is 32.7. The van der Waals surface area contributed by atoms with Crippen LogP contribution < -0.4 is 20.0 Å². The van der Waals surface area contributed by atoms with Gasteiger partial charge in [0.05, 0.1) is 21.7 Å². The summed E-state index contributed by atoms with van der Waals surface area (Å²) >= 11 is 6.37. The molecule has 1 N–H and O–H groups in total. The van der Waals surface area contributed by atoms with Crippen molar-refractivity contribution >= 4 is 58.2 Å². The van der Waals surface area contributed by atoms with E-state index in [1.807, 2.05) is 41.3 Å². The number of nitrogens with zero attached hydrogens (tertiary/aromatic N) is 7. The van der Waals surface area contributed by atoms with E-state index >= 15 is 0 Å². The van der Waals surface area contributed by atoms with Crippen LogP contribution in [0.15, 0.2) is 60.7 Å². The maximum Gasteiger partial charge on any atom is 0.262 e. The molecule has 3 aromatic carbocycles. The Balaban J connectivity index is 0.742. The van der Waals surface area contributed by atoms with E-state index in [0.717, 1.165) is 87.0 Å². The number of nitriles is 1. The lowest BCUT2D eigenvalue weighted by molar-refractivity contribution is -0.136. The minimum Gasteiger partial charge on any atom is -0.371 e. The van der Waals surface area contributed by atoms with E-state index in [9.17, 15) is 29.2 Å². The van der Waals surface area contributed by atoms with Crippen LogP contribution in [0.1, 0.15) is 75.7 Å². The minimum absolute atomic E-state index is 0.0560.